The number of hydrogen-bond donors (Lipinski definition) is 0. The lowest BCUT2D eigenvalue weighted by atomic mass is 10.1. The second-order valence-corrected chi connectivity index (χ2v) is 8.07. The summed E-state index contributed by atoms with van der Waals surface area (Å²) >= 11 is 1.35. The van der Waals surface area contributed by atoms with Crippen molar-refractivity contribution >= 4 is 17.7 Å². The Balaban J connectivity index is 1.66. The van der Waals surface area contributed by atoms with E-state index in [9.17, 15) is 4.79 Å². The van der Waals surface area contributed by atoms with Gasteiger partial charge in [-0.05, 0) is 60.9 Å². The Morgan fingerprint density at radius 1 is 1.04 bits per heavy atom. The van der Waals surface area contributed by atoms with Crippen LogP contribution in [-0.2, 0) is 11.3 Å². The van der Waals surface area contributed by atoms with Crippen molar-refractivity contribution in [1.29, 1.82) is 0 Å². The second kappa shape index (κ2) is 8.56. The summed E-state index contributed by atoms with van der Waals surface area (Å²) in [5.41, 5.74) is 6.79. The lowest BCUT2D eigenvalue weighted by Gasteiger charge is -2.18. The molecule has 0 aliphatic rings. The van der Waals surface area contributed by atoms with Crippen LogP contribution < -0.4 is 0 Å². The number of carbonyl (C=O) groups is 1. The third kappa shape index (κ3) is 4.59. The van der Waals surface area contributed by atoms with Crippen molar-refractivity contribution < 1.29 is 4.79 Å². The number of hydrogen-bond acceptors (Lipinski definition) is 5. The second-order valence-electron chi connectivity index (χ2n) is 7.13. The molecule has 0 spiro atoms. The minimum absolute atomic E-state index is 0.0418. The third-order valence-electron chi connectivity index (χ3n) is 4.68. The van der Waals surface area contributed by atoms with Gasteiger partial charge in [-0.15, -0.1) is 5.10 Å². The average Bonchev–Trinajstić information content (AvgIpc) is 3.10. The standard InChI is InChI=1S/C21H25N5OS/c1-14-6-8-18(16(3)10-14)12-25(5)20(27)13-28-21-22-23-24-26(21)19-9-7-15(2)11-17(19)4/h6-11H,12-13H2,1-5H3. The normalized spacial score (nSPS) is 10.9. The molecule has 3 rings (SSSR count). The van der Waals surface area contributed by atoms with Crippen molar-refractivity contribution in [2.45, 2.75) is 39.4 Å². The number of thioether (sulfide) groups is 1. The Morgan fingerprint density at radius 3 is 2.39 bits per heavy atom. The number of tetrazole rings is 1. The van der Waals surface area contributed by atoms with Crippen LogP contribution in [0.15, 0.2) is 41.6 Å². The van der Waals surface area contributed by atoms with E-state index in [-0.39, 0.29) is 11.7 Å². The van der Waals surface area contributed by atoms with Gasteiger partial charge in [-0.2, -0.15) is 4.68 Å². The van der Waals surface area contributed by atoms with Crippen LogP contribution in [0.1, 0.15) is 27.8 Å². The quantitative estimate of drug-likeness (QED) is 0.596. The van der Waals surface area contributed by atoms with Gasteiger partial charge in [-0.1, -0.05) is 53.2 Å². The van der Waals surface area contributed by atoms with Crippen molar-refractivity contribution in [2.75, 3.05) is 12.8 Å². The highest BCUT2D eigenvalue weighted by molar-refractivity contribution is 7.99. The fourth-order valence-electron chi connectivity index (χ4n) is 3.07. The van der Waals surface area contributed by atoms with Gasteiger partial charge in [0.2, 0.25) is 11.1 Å². The highest BCUT2D eigenvalue weighted by Crippen LogP contribution is 2.22. The smallest absolute Gasteiger partial charge is 0.233 e. The van der Waals surface area contributed by atoms with Crippen LogP contribution in [0, 0.1) is 27.7 Å². The zero-order chi connectivity index (χ0) is 20.3. The van der Waals surface area contributed by atoms with Gasteiger partial charge >= 0.3 is 0 Å². The van der Waals surface area contributed by atoms with Gasteiger partial charge in [-0.25, -0.2) is 0 Å². The van der Waals surface area contributed by atoms with Crippen LogP contribution >= 0.6 is 11.8 Å². The Bertz CT molecular complexity index is 998. The minimum atomic E-state index is 0.0418. The number of aryl methyl sites for hydroxylation is 4. The SMILES string of the molecule is Cc1ccc(CN(C)C(=O)CSc2nnnn2-c2ccc(C)cc2C)c(C)c1. The molecular formula is C21H25N5OS. The minimum Gasteiger partial charge on any atom is -0.341 e. The van der Waals surface area contributed by atoms with Crippen molar-refractivity contribution in [3.05, 3.63) is 64.2 Å². The van der Waals surface area contributed by atoms with Crippen LogP contribution in [-0.4, -0.2) is 43.8 Å². The zero-order valence-corrected chi connectivity index (χ0v) is 17.7. The van der Waals surface area contributed by atoms with Crippen molar-refractivity contribution in [2.24, 2.45) is 0 Å². The molecule has 0 bridgehead atoms. The number of rotatable bonds is 6. The molecule has 0 saturated carbocycles. The molecule has 7 heteroatoms. The Morgan fingerprint density at radius 2 is 1.71 bits per heavy atom. The van der Waals surface area contributed by atoms with Crippen LogP contribution in [0.2, 0.25) is 0 Å². The van der Waals surface area contributed by atoms with E-state index in [2.05, 4.69) is 60.6 Å². The monoisotopic (exact) mass is 395 g/mol. The molecule has 6 nitrogen and oxygen atoms in total. The predicted molar refractivity (Wildman–Crippen MR) is 112 cm³/mol. The summed E-state index contributed by atoms with van der Waals surface area (Å²) < 4.78 is 1.69. The highest BCUT2D eigenvalue weighted by Gasteiger charge is 2.16. The molecule has 0 aliphatic carbocycles. The predicted octanol–water partition coefficient (Wildman–Crippen LogP) is 3.65. The van der Waals surface area contributed by atoms with Crippen LogP contribution in [0.3, 0.4) is 0 Å². The molecule has 0 radical (unpaired) electrons. The van der Waals surface area contributed by atoms with Crippen molar-refractivity contribution in [1.82, 2.24) is 25.1 Å². The van der Waals surface area contributed by atoms with Crippen LogP contribution in [0.5, 0.6) is 0 Å². The van der Waals surface area contributed by atoms with Gasteiger partial charge in [0.25, 0.3) is 0 Å². The van der Waals surface area contributed by atoms with E-state index in [1.54, 1.807) is 9.58 Å². The Hall–Kier alpha value is -2.67. The molecule has 0 N–H and O–H groups in total. The number of benzene rings is 2. The average molecular weight is 396 g/mol. The number of nitrogens with zero attached hydrogens (tertiary/aromatic N) is 5. The molecule has 1 heterocycles. The van der Waals surface area contributed by atoms with Crippen molar-refractivity contribution in [3.8, 4) is 5.69 Å². The summed E-state index contributed by atoms with van der Waals surface area (Å²) in [5, 5.41) is 12.6. The lowest BCUT2D eigenvalue weighted by Crippen LogP contribution is -2.28. The van der Waals surface area contributed by atoms with Crippen molar-refractivity contribution in [3.63, 3.8) is 0 Å². The maximum atomic E-state index is 12.6. The molecular weight excluding hydrogens is 370 g/mol. The van der Waals surface area contributed by atoms with Gasteiger partial charge in [0.15, 0.2) is 0 Å². The van der Waals surface area contributed by atoms with Gasteiger partial charge in [0.05, 0.1) is 11.4 Å². The van der Waals surface area contributed by atoms with E-state index < -0.39 is 0 Å². The summed E-state index contributed by atoms with van der Waals surface area (Å²) in [6.45, 7) is 8.82. The first-order valence-electron chi connectivity index (χ1n) is 9.14. The summed E-state index contributed by atoms with van der Waals surface area (Å²) in [7, 11) is 1.83. The molecule has 1 amide bonds. The fraction of sp³-hybridized carbons (Fsp3) is 0.333. The molecule has 28 heavy (non-hydrogen) atoms. The van der Waals surface area contributed by atoms with Crippen LogP contribution in [0.25, 0.3) is 5.69 Å². The molecule has 2 aromatic carbocycles. The Labute approximate surface area is 169 Å². The molecule has 3 aromatic rings. The molecule has 0 unspecified atom stereocenters. The molecule has 0 atom stereocenters. The first kappa shape index (κ1) is 20.1. The molecule has 0 fully saturated rings. The molecule has 0 aliphatic heterocycles. The Kier molecular flexibility index (Phi) is 6.14. The highest BCUT2D eigenvalue weighted by atomic mass is 32.2. The molecule has 0 saturated heterocycles. The van der Waals surface area contributed by atoms with Gasteiger partial charge < -0.3 is 4.90 Å². The third-order valence-corrected chi connectivity index (χ3v) is 5.58. The van der Waals surface area contributed by atoms with E-state index in [0.717, 1.165) is 16.8 Å². The summed E-state index contributed by atoms with van der Waals surface area (Å²) in [4.78, 5) is 14.4. The van der Waals surface area contributed by atoms with E-state index in [0.29, 0.717) is 11.7 Å². The van der Waals surface area contributed by atoms with E-state index in [1.807, 2.05) is 26.1 Å². The summed E-state index contributed by atoms with van der Waals surface area (Å²) in [6, 6.07) is 12.4. The van der Waals surface area contributed by atoms with Gasteiger partial charge in [0, 0.05) is 13.6 Å². The number of aromatic nitrogens is 4. The zero-order valence-electron chi connectivity index (χ0n) is 16.9. The number of carbonyl (C=O) groups excluding carboxylic acids is 1. The molecule has 146 valence electrons. The summed E-state index contributed by atoms with van der Waals surface area (Å²) in [5.74, 6) is 0.326. The molecule has 1 aromatic heterocycles. The van der Waals surface area contributed by atoms with Gasteiger partial charge in [-0.3, -0.25) is 4.79 Å². The first-order valence-corrected chi connectivity index (χ1v) is 10.1. The topological polar surface area (TPSA) is 63.9 Å². The van der Waals surface area contributed by atoms with E-state index >= 15 is 0 Å². The maximum absolute atomic E-state index is 12.6. The van der Waals surface area contributed by atoms with E-state index in [1.165, 1.54) is 28.5 Å². The van der Waals surface area contributed by atoms with Crippen LogP contribution in [0.4, 0.5) is 0 Å². The lowest BCUT2D eigenvalue weighted by molar-refractivity contribution is -0.127. The largest absolute Gasteiger partial charge is 0.341 e. The first-order chi connectivity index (χ1) is 13.3. The summed E-state index contributed by atoms with van der Waals surface area (Å²) in [6.07, 6.45) is 0. The maximum Gasteiger partial charge on any atom is 0.233 e. The number of amides is 1. The van der Waals surface area contributed by atoms with E-state index in [4.69, 9.17) is 0 Å². The fourth-order valence-corrected chi connectivity index (χ4v) is 3.89. The van der Waals surface area contributed by atoms with Gasteiger partial charge in [0.1, 0.15) is 0 Å².